The quantitative estimate of drug-likeness (QED) is 0.782. The second-order valence-electron chi connectivity index (χ2n) is 5.05. The Bertz CT molecular complexity index is 295. The van der Waals surface area contributed by atoms with Crippen molar-refractivity contribution in [3.63, 3.8) is 0 Å². The van der Waals surface area contributed by atoms with Gasteiger partial charge in [0, 0.05) is 0 Å². The number of carbonyl (C=O) groups is 2. The number of methoxy groups -OCH3 is 1. The molecule has 1 N–H and O–H groups in total. The third kappa shape index (κ3) is 3.62. The van der Waals surface area contributed by atoms with E-state index in [4.69, 9.17) is 4.74 Å². The predicted molar refractivity (Wildman–Crippen MR) is 67.0 cm³/mol. The average molecular weight is 257 g/mol. The molecule has 1 unspecified atom stereocenters. The molecule has 0 spiro atoms. The summed E-state index contributed by atoms with van der Waals surface area (Å²) >= 11 is 0. The molecule has 5 heteroatoms. The van der Waals surface area contributed by atoms with Gasteiger partial charge in [-0.25, -0.2) is 9.59 Å². The lowest BCUT2D eigenvalue weighted by Crippen LogP contribution is -2.46. The molecule has 0 radical (unpaired) electrons. The fourth-order valence-corrected chi connectivity index (χ4v) is 2.58. The molecule has 5 nitrogen and oxygen atoms in total. The topological polar surface area (TPSA) is 64.6 Å². The van der Waals surface area contributed by atoms with Crippen molar-refractivity contribution >= 4 is 12.1 Å². The van der Waals surface area contributed by atoms with Gasteiger partial charge in [-0.05, 0) is 37.5 Å². The molecule has 0 aromatic carbocycles. The smallest absolute Gasteiger partial charge is 0.407 e. The lowest BCUT2D eigenvalue weighted by molar-refractivity contribution is -0.147. The van der Waals surface area contributed by atoms with Gasteiger partial charge in [0.15, 0.2) is 0 Å². The van der Waals surface area contributed by atoms with Gasteiger partial charge < -0.3 is 14.8 Å². The zero-order chi connectivity index (χ0) is 13.7. The summed E-state index contributed by atoms with van der Waals surface area (Å²) in [7, 11) is 1.29. The van der Waals surface area contributed by atoms with Crippen LogP contribution in [0.4, 0.5) is 4.79 Å². The van der Waals surface area contributed by atoms with Crippen molar-refractivity contribution in [2.45, 2.75) is 39.7 Å². The molecule has 1 aliphatic rings. The Kier molecular flexibility index (Phi) is 5.44. The van der Waals surface area contributed by atoms with E-state index in [0.29, 0.717) is 18.4 Å². The maximum Gasteiger partial charge on any atom is 0.407 e. The first-order valence-electron chi connectivity index (χ1n) is 6.50. The molecule has 1 amide bonds. The first-order chi connectivity index (χ1) is 8.49. The molecule has 0 saturated heterocycles. The van der Waals surface area contributed by atoms with Crippen LogP contribution in [0, 0.1) is 17.8 Å². The summed E-state index contributed by atoms with van der Waals surface area (Å²) < 4.78 is 9.59. The lowest BCUT2D eigenvalue weighted by atomic mass is 9.97. The van der Waals surface area contributed by atoms with Crippen molar-refractivity contribution < 1.29 is 19.1 Å². The van der Waals surface area contributed by atoms with Gasteiger partial charge in [-0.1, -0.05) is 13.8 Å². The van der Waals surface area contributed by atoms with Crippen molar-refractivity contribution in [2.24, 2.45) is 17.8 Å². The number of esters is 1. The van der Waals surface area contributed by atoms with Crippen LogP contribution in [-0.4, -0.2) is 31.8 Å². The van der Waals surface area contributed by atoms with Crippen LogP contribution in [0.3, 0.4) is 0 Å². The molecule has 0 aliphatic heterocycles. The van der Waals surface area contributed by atoms with Gasteiger partial charge in [-0.2, -0.15) is 0 Å². The zero-order valence-electron chi connectivity index (χ0n) is 11.6. The van der Waals surface area contributed by atoms with Crippen LogP contribution in [0.1, 0.15) is 33.6 Å². The van der Waals surface area contributed by atoms with E-state index in [2.05, 4.69) is 23.9 Å². The third-order valence-corrected chi connectivity index (χ3v) is 3.79. The Labute approximate surface area is 108 Å². The minimum atomic E-state index is -0.593. The highest BCUT2D eigenvalue weighted by molar-refractivity contribution is 5.81. The molecule has 104 valence electrons. The number of ether oxygens (including phenoxy) is 2. The van der Waals surface area contributed by atoms with Gasteiger partial charge in [0.25, 0.3) is 0 Å². The number of hydrogen-bond donors (Lipinski definition) is 1. The summed E-state index contributed by atoms with van der Waals surface area (Å²) in [5.41, 5.74) is 0. The van der Waals surface area contributed by atoms with Crippen LogP contribution in [0.5, 0.6) is 0 Å². The molecule has 1 saturated carbocycles. The van der Waals surface area contributed by atoms with Gasteiger partial charge >= 0.3 is 12.1 Å². The van der Waals surface area contributed by atoms with Gasteiger partial charge in [-0.15, -0.1) is 0 Å². The van der Waals surface area contributed by atoms with E-state index >= 15 is 0 Å². The van der Waals surface area contributed by atoms with E-state index in [1.165, 1.54) is 7.11 Å². The monoisotopic (exact) mass is 257 g/mol. The lowest BCUT2D eigenvalue weighted by Gasteiger charge is -2.22. The Balaban J connectivity index is 2.71. The standard InChI is InChI=1S/C13H23NO4/c1-5-18-12(15)11(14-13(16)17-4)10-6-8(2)9(3)7-10/h8-11H,5-7H2,1-4H3,(H,14,16)/t8-,9+,10+,11?. The Hall–Kier alpha value is -1.26. The van der Waals surface area contributed by atoms with Crippen molar-refractivity contribution in [2.75, 3.05) is 13.7 Å². The SMILES string of the molecule is CCOC(=O)C(NC(=O)OC)[C@H]1C[C@@H](C)[C@@H](C)C1. The van der Waals surface area contributed by atoms with E-state index in [1.54, 1.807) is 6.92 Å². The molecule has 1 rings (SSSR count). The highest BCUT2D eigenvalue weighted by Crippen LogP contribution is 2.37. The van der Waals surface area contributed by atoms with E-state index in [1.807, 2.05) is 0 Å². The molecular formula is C13H23NO4. The van der Waals surface area contributed by atoms with Crippen LogP contribution in [0.2, 0.25) is 0 Å². The number of alkyl carbamates (subject to hydrolysis) is 1. The fourth-order valence-electron chi connectivity index (χ4n) is 2.58. The largest absolute Gasteiger partial charge is 0.464 e. The van der Waals surface area contributed by atoms with Crippen LogP contribution in [0.25, 0.3) is 0 Å². The summed E-state index contributed by atoms with van der Waals surface area (Å²) in [5, 5.41) is 2.60. The first-order valence-corrected chi connectivity index (χ1v) is 6.50. The molecule has 1 aliphatic carbocycles. The summed E-state index contributed by atoms with van der Waals surface area (Å²) in [5.74, 6) is 0.889. The molecule has 0 heterocycles. The summed E-state index contributed by atoms with van der Waals surface area (Å²) in [6.07, 6.45) is 1.27. The molecule has 0 aromatic heterocycles. The number of amides is 1. The van der Waals surface area contributed by atoms with Gasteiger partial charge in [0.2, 0.25) is 0 Å². The second-order valence-corrected chi connectivity index (χ2v) is 5.05. The molecule has 0 aromatic rings. The number of rotatable bonds is 4. The maximum absolute atomic E-state index is 11.9. The highest BCUT2D eigenvalue weighted by Gasteiger charge is 2.38. The highest BCUT2D eigenvalue weighted by atomic mass is 16.5. The predicted octanol–water partition coefficient (Wildman–Crippen LogP) is 1.96. The Morgan fingerprint density at radius 2 is 1.83 bits per heavy atom. The maximum atomic E-state index is 11.9. The molecule has 0 bridgehead atoms. The van der Waals surface area contributed by atoms with Crippen molar-refractivity contribution in [3.8, 4) is 0 Å². The van der Waals surface area contributed by atoms with E-state index in [0.717, 1.165) is 12.8 Å². The van der Waals surface area contributed by atoms with E-state index < -0.39 is 12.1 Å². The minimum Gasteiger partial charge on any atom is -0.464 e. The van der Waals surface area contributed by atoms with Gasteiger partial charge in [0.05, 0.1) is 13.7 Å². The van der Waals surface area contributed by atoms with Crippen molar-refractivity contribution in [1.29, 1.82) is 0 Å². The first kappa shape index (κ1) is 14.8. The normalized spacial score (nSPS) is 28.6. The fraction of sp³-hybridized carbons (Fsp3) is 0.846. The number of hydrogen-bond acceptors (Lipinski definition) is 4. The summed E-state index contributed by atoms with van der Waals surface area (Å²) in [6.45, 7) is 6.42. The summed E-state index contributed by atoms with van der Waals surface area (Å²) in [4.78, 5) is 23.2. The van der Waals surface area contributed by atoms with E-state index in [9.17, 15) is 9.59 Å². The zero-order valence-corrected chi connectivity index (χ0v) is 11.6. The molecule has 4 atom stereocenters. The van der Waals surface area contributed by atoms with Crippen LogP contribution < -0.4 is 5.32 Å². The van der Waals surface area contributed by atoms with Gasteiger partial charge in [0.1, 0.15) is 6.04 Å². The van der Waals surface area contributed by atoms with E-state index in [-0.39, 0.29) is 11.9 Å². The molecule has 1 fully saturated rings. The average Bonchev–Trinajstić information content (AvgIpc) is 2.66. The third-order valence-electron chi connectivity index (χ3n) is 3.79. The Morgan fingerprint density at radius 3 is 2.28 bits per heavy atom. The summed E-state index contributed by atoms with van der Waals surface area (Å²) in [6, 6.07) is -0.593. The van der Waals surface area contributed by atoms with Crippen LogP contribution in [0.15, 0.2) is 0 Å². The number of nitrogens with one attached hydrogen (secondary N) is 1. The molecular weight excluding hydrogens is 234 g/mol. The Morgan fingerprint density at radius 1 is 1.28 bits per heavy atom. The van der Waals surface area contributed by atoms with Gasteiger partial charge in [-0.3, -0.25) is 0 Å². The second kappa shape index (κ2) is 6.61. The van der Waals surface area contributed by atoms with Crippen molar-refractivity contribution in [3.05, 3.63) is 0 Å². The van der Waals surface area contributed by atoms with Crippen LogP contribution >= 0.6 is 0 Å². The van der Waals surface area contributed by atoms with Crippen molar-refractivity contribution in [1.82, 2.24) is 5.32 Å². The minimum absolute atomic E-state index is 0.133. The van der Waals surface area contributed by atoms with Crippen LogP contribution in [-0.2, 0) is 14.3 Å². The molecule has 18 heavy (non-hydrogen) atoms. The number of carbonyl (C=O) groups excluding carboxylic acids is 2.